The standard InChI is InChI=1S/C22H37N5O3/c1-6-24-20(28)22(2,3)16-26-21(23-4)25-15-19(27-11-13-30-14-12-27)17-7-9-18(29-5)10-8-17/h7-10,19H,6,11-16H2,1-5H3,(H,24,28)(H2,23,25,26). The highest BCUT2D eigenvalue weighted by molar-refractivity contribution is 5.84. The maximum Gasteiger partial charge on any atom is 0.227 e. The highest BCUT2D eigenvalue weighted by Gasteiger charge is 2.28. The number of hydrogen-bond acceptors (Lipinski definition) is 5. The number of methoxy groups -OCH3 is 1. The molecule has 1 heterocycles. The zero-order chi connectivity index (χ0) is 22.0. The van der Waals surface area contributed by atoms with E-state index < -0.39 is 5.41 Å². The molecule has 3 N–H and O–H groups in total. The van der Waals surface area contributed by atoms with Gasteiger partial charge in [0.2, 0.25) is 5.91 Å². The Kier molecular flexibility index (Phi) is 9.39. The highest BCUT2D eigenvalue weighted by atomic mass is 16.5. The second kappa shape index (κ2) is 11.8. The number of amides is 1. The van der Waals surface area contributed by atoms with Gasteiger partial charge in [-0.15, -0.1) is 0 Å². The van der Waals surface area contributed by atoms with Crippen molar-refractivity contribution in [2.45, 2.75) is 26.8 Å². The van der Waals surface area contributed by atoms with Crippen LogP contribution in [0.5, 0.6) is 5.75 Å². The number of carbonyl (C=O) groups excluding carboxylic acids is 1. The van der Waals surface area contributed by atoms with E-state index in [4.69, 9.17) is 9.47 Å². The first-order valence-corrected chi connectivity index (χ1v) is 10.6. The number of carbonyl (C=O) groups is 1. The van der Waals surface area contributed by atoms with Gasteiger partial charge in [-0.05, 0) is 38.5 Å². The first-order chi connectivity index (χ1) is 14.4. The summed E-state index contributed by atoms with van der Waals surface area (Å²) >= 11 is 0. The molecule has 0 bridgehead atoms. The Morgan fingerprint density at radius 2 is 1.87 bits per heavy atom. The topological polar surface area (TPSA) is 87.2 Å². The highest BCUT2D eigenvalue weighted by Crippen LogP contribution is 2.23. The van der Waals surface area contributed by atoms with Crippen LogP contribution in [-0.4, -0.2) is 76.9 Å². The quantitative estimate of drug-likeness (QED) is 0.414. The molecular formula is C22H37N5O3. The number of morpholine rings is 1. The predicted molar refractivity (Wildman–Crippen MR) is 120 cm³/mol. The second-order valence-corrected chi connectivity index (χ2v) is 7.99. The van der Waals surface area contributed by atoms with Gasteiger partial charge in [-0.3, -0.25) is 14.7 Å². The Morgan fingerprint density at radius 3 is 2.43 bits per heavy atom. The zero-order valence-corrected chi connectivity index (χ0v) is 19.0. The van der Waals surface area contributed by atoms with Gasteiger partial charge < -0.3 is 25.4 Å². The monoisotopic (exact) mass is 419 g/mol. The van der Waals surface area contributed by atoms with Gasteiger partial charge in [0.1, 0.15) is 5.75 Å². The van der Waals surface area contributed by atoms with Crippen molar-refractivity contribution in [1.82, 2.24) is 20.9 Å². The molecule has 1 atom stereocenters. The summed E-state index contributed by atoms with van der Waals surface area (Å²) in [6, 6.07) is 8.37. The summed E-state index contributed by atoms with van der Waals surface area (Å²) in [5.41, 5.74) is 0.677. The summed E-state index contributed by atoms with van der Waals surface area (Å²) < 4.78 is 10.8. The maximum atomic E-state index is 12.2. The molecule has 1 saturated heterocycles. The van der Waals surface area contributed by atoms with Gasteiger partial charge in [-0.1, -0.05) is 12.1 Å². The molecule has 1 aromatic rings. The summed E-state index contributed by atoms with van der Waals surface area (Å²) in [6.07, 6.45) is 0. The van der Waals surface area contributed by atoms with Gasteiger partial charge in [0.25, 0.3) is 0 Å². The van der Waals surface area contributed by atoms with Crippen LogP contribution in [0, 0.1) is 5.41 Å². The molecular weight excluding hydrogens is 382 g/mol. The van der Waals surface area contributed by atoms with Crippen molar-refractivity contribution in [3.05, 3.63) is 29.8 Å². The van der Waals surface area contributed by atoms with Crippen LogP contribution in [0.4, 0.5) is 0 Å². The molecule has 1 aliphatic rings. The summed E-state index contributed by atoms with van der Waals surface area (Å²) in [4.78, 5) is 19.0. The van der Waals surface area contributed by atoms with E-state index in [1.807, 2.05) is 32.9 Å². The number of nitrogens with zero attached hydrogens (tertiary/aromatic N) is 2. The molecule has 0 aromatic heterocycles. The minimum absolute atomic E-state index is 0.0254. The lowest BCUT2D eigenvalue weighted by molar-refractivity contribution is -0.128. The van der Waals surface area contributed by atoms with E-state index in [0.29, 0.717) is 25.6 Å². The number of nitrogens with one attached hydrogen (secondary N) is 3. The fraction of sp³-hybridized carbons (Fsp3) is 0.636. The van der Waals surface area contributed by atoms with Crippen molar-refractivity contribution in [2.24, 2.45) is 10.4 Å². The van der Waals surface area contributed by atoms with Crippen molar-refractivity contribution in [3.63, 3.8) is 0 Å². The smallest absolute Gasteiger partial charge is 0.227 e. The molecule has 8 heteroatoms. The van der Waals surface area contributed by atoms with E-state index in [1.54, 1.807) is 14.2 Å². The third-order valence-corrected chi connectivity index (χ3v) is 5.32. The number of aliphatic imine (C=N–C) groups is 1. The molecule has 30 heavy (non-hydrogen) atoms. The Hall–Kier alpha value is -2.32. The SMILES string of the molecule is CCNC(=O)C(C)(C)CNC(=NC)NCC(c1ccc(OC)cc1)N1CCOCC1. The van der Waals surface area contributed by atoms with E-state index in [2.05, 4.69) is 38.0 Å². The van der Waals surface area contributed by atoms with Gasteiger partial charge in [0.05, 0.1) is 31.8 Å². The molecule has 168 valence electrons. The predicted octanol–water partition coefficient (Wildman–Crippen LogP) is 1.40. The van der Waals surface area contributed by atoms with E-state index >= 15 is 0 Å². The number of guanidine groups is 1. The zero-order valence-electron chi connectivity index (χ0n) is 19.0. The van der Waals surface area contributed by atoms with Crippen LogP contribution in [0.1, 0.15) is 32.4 Å². The lowest BCUT2D eigenvalue weighted by Gasteiger charge is -2.35. The van der Waals surface area contributed by atoms with Crippen LogP contribution in [0.15, 0.2) is 29.3 Å². The second-order valence-electron chi connectivity index (χ2n) is 7.99. The van der Waals surface area contributed by atoms with Gasteiger partial charge in [0, 0.05) is 39.8 Å². The van der Waals surface area contributed by atoms with Crippen LogP contribution in [0.25, 0.3) is 0 Å². The fourth-order valence-electron chi connectivity index (χ4n) is 3.37. The molecule has 1 fully saturated rings. The van der Waals surface area contributed by atoms with Crippen molar-refractivity contribution in [3.8, 4) is 5.75 Å². The molecule has 1 aromatic carbocycles. The first-order valence-electron chi connectivity index (χ1n) is 10.6. The third-order valence-electron chi connectivity index (χ3n) is 5.32. The lowest BCUT2D eigenvalue weighted by atomic mass is 9.92. The Balaban J connectivity index is 2.02. The first kappa shape index (κ1) is 24.0. The molecule has 0 radical (unpaired) electrons. The maximum absolute atomic E-state index is 12.2. The van der Waals surface area contributed by atoms with Gasteiger partial charge in [0.15, 0.2) is 5.96 Å². The lowest BCUT2D eigenvalue weighted by Crippen LogP contribution is -2.50. The van der Waals surface area contributed by atoms with Crippen molar-refractivity contribution in [2.75, 3.05) is 60.1 Å². The average Bonchev–Trinajstić information content (AvgIpc) is 2.77. The van der Waals surface area contributed by atoms with Gasteiger partial charge >= 0.3 is 0 Å². The number of ether oxygens (including phenoxy) is 2. The van der Waals surface area contributed by atoms with E-state index in [0.717, 1.165) is 32.1 Å². The summed E-state index contributed by atoms with van der Waals surface area (Å²) in [7, 11) is 3.42. The number of rotatable bonds is 9. The molecule has 1 amide bonds. The molecule has 8 nitrogen and oxygen atoms in total. The minimum atomic E-state index is -0.535. The van der Waals surface area contributed by atoms with Crippen molar-refractivity contribution in [1.29, 1.82) is 0 Å². The van der Waals surface area contributed by atoms with Crippen LogP contribution >= 0.6 is 0 Å². The Morgan fingerprint density at radius 1 is 1.20 bits per heavy atom. The summed E-state index contributed by atoms with van der Waals surface area (Å²) in [5, 5.41) is 9.61. The molecule has 1 unspecified atom stereocenters. The molecule has 2 rings (SSSR count). The molecule has 0 spiro atoms. The number of benzene rings is 1. The van der Waals surface area contributed by atoms with Crippen molar-refractivity contribution >= 4 is 11.9 Å². The van der Waals surface area contributed by atoms with E-state index in [1.165, 1.54) is 5.56 Å². The van der Waals surface area contributed by atoms with Crippen LogP contribution in [0.2, 0.25) is 0 Å². The number of hydrogen-bond donors (Lipinski definition) is 3. The molecule has 0 saturated carbocycles. The minimum Gasteiger partial charge on any atom is -0.497 e. The van der Waals surface area contributed by atoms with Crippen LogP contribution in [0.3, 0.4) is 0 Å². The largest absolute Gasteiger partial charge is 0.497 e. The normalized spacial score (nSPS) is 16.6. The fourth-order valence-corrected chi connectivity index (χ4v) is 3.37. The molecule has 0 aliphatic carbocycles. The Bertz CT molecular complexity index is 685. The van der Waals surface area contributed by atoms with E-state index in [9.17, 15) is 4.79 Å². The van der Waals surface area contributed by atoms with Gasteiger partial charge in [-0.2, -0.15) is 0 Å². The average molecular weight is 420 g/mol. The molecule has 1 aliphatic heterocycles. The summed E-state index contributed by atoms with van der Waals surface area (Å²) in [6.45, 7) is 10.8. The third kappa shape index (κ3) is 6.88. The van der Waals surface area contributed by atoms with Crippen LogP contribution in [-0.2, 0) is 9.53 Å². The Labute approximate surface area is 180 Å². The van der Waals surface area contributed by atoms with E-state index in [-0.39, 0.29) is 11.9 Å². The van der Waals surface area contributed by atoms with Crippen LogP contribution < -0.4 is 20.7 Å². The van der Waals surface area contributed by atoms with Crippen molar-refractivity contribution < 1.29 is 14.3 Å². The van der Waals surface area contributed by atoms with Gasteiger partial charge in [-0.25, -0.2) is 0 Å². The summed E-state index contributed by atoms with van der Waals surface area (Å²) in [5.74, 6) is 1.55.